The second-order valence-electron chi connectivity index (χ2n) is 11.0. The molecule has 1 aliphatic rings. The Hall–Kier alpha value is -4.17. The van der Waals surface area contributed by atoms with Gasteiger partial charge in [-0.25, -0.2) is 4.98 Å². The van der Waals surface area contributed by atoms with Crippen molar-refractivity contribution in [2.75, 3.05) is 37.7 Å². The van der Waals surface area contributed by atoms with Crippen LogP contribution in [0.15, 0.2) is 66.7 Å². The normalized spacial score (nSPS) is 14.8. The first-order valence-corrected chi connectivity index (χ1v) is 14.9. The van der Waals surface area contributed by atoms with Crippen LogP contribution in [0.2, 0.25) is 0 Å². The number of aryl methyl sites for hydroxylation is 2. The molecule has 0 saturated carbocycles. The Morgan fingerprint density at radius 3 is 2.62 bits per heavy atom. The molecular formula is C34H41N5O3. The maximum Gasteiger partial charge on any atom is 0.223 e. The molecule has 0 atom stereocenters. The molecule has 0 radical (unpaired) electrons. The average Bonchev–Trinajstić information content (AvgIpc) is 3.34. The van der Waals surface area contributed by atoms with Crippen molar-refractivity contribution in [1.82, 2.24) is 19.8 Å². The van der Waals surface area contributed by atoms with E-state index in [0.29, 0.717) is 39.1 Å². The number of carbonyl (C=O) groups is 2. The molecule has 0 spiro atoms. The monoisotopic (exact) mass is 567 g/mol. The van der Waals surface area contributed by atoms with Crippen LogP contribution in [0, 0.1) is 6.92 Å². The Morgan fingerprint density at radius 1 is 0.976 bits per heavy atom. The zero-order chi connectivity index (χ0) is 29.5. The molecule has 0 fully saturated rings. The minimum Gasteiger partial charge on any atom is -0.494 e. The molecule has 2 amide bonds. The lowest BCUT2D eigenvalue weighted by Crippen LogP contribution is -2.38. The minimum absolute atomic E-state index is 0.0113. The summed E-state index contributed by atoms with van der Waals surface area (Å²) in [6.07, 6.45) is 1.88. The molecule has 8 heteroatoms. The number of hydrogen-bond acceptors (Lipinski definition) is 5. The summed E-state index contributed by atoms with van der Waals surface area (Å²) < 4.78 is 5.90. The number of ether oxygens (including phenoxy) is 1. The zero-order valence-corrected chi connectivity index (χ0v) is 24.9. The fourth-order valence-corrected chi connectivity index (χ4v) is 5.76. The first kappa shape index (κ1) is 29.3. The summed E-state index contributed by atoms with van der Waals surface area (Å²) in [4.78, 5) is 40.6. The number of carbonyl (C=O) groups excluding carboxylic acids is 2. The molecule has 3 aromatic carbocycles. The zero-order valence-electron chi connectivity index (χ0n) is 24.9. The number of rotatable bonds is 7. The number of fused-ring (bicyclic) bond motifs is 2. The third kappa shape index (κ3) is 7.18. The standard InChI is InChI=1S/C34H41N5O3/c1-4-42-33-13-8-6-11-29(33)23-37-18-9-19-39(26(3)40)32-12-7-5-10-28(32)24-38(21-20-37)34(41)17-15-27-14-16-30-31(22-27)36-25(2)35-30/h5-8,10-14,16,22H,4,9,15,17-21,23-24H2,1-3H3,(H,35,36). The maximum absolute atomic E-state index is 13.8. The highest BCUT2D eigenvalue weighted by Gasteiger charge is 2.23. The quantitative estimate of drug-likeness (QED) is 0.319. The van der Waals surface area contributed by atoms with Crippen molar-refractivity contribution < 1.29 is 14.3 Å². The number of aromatic nitrogens is 2. The molecule has 42 heavy (non-hydrogen) atoms. The van der Waals surface area contributed by atoms with Crippen LogP contribution < -0.4 is 9.64 Å². The van der Waals surface area contributed by atoms with Crippen molar-refractivity contribution in [3.8, 4) is 5.75 Å². The Balaban J connectivity index is 1.38. The van der Waals surface area contributed by atoms with Gasteiger partial charge in [-0.3, -0.25) is 14.5 Å². The molecule has 2 heterocycles. The predicted octanol–water partition coefficient (Wildman–Crippen LogP) is 5.49. The summed E-state index contributed by atoms with van der Waals surface area (Å²) in [5.74, 6) is 1.89. The van der Waals surface area contributed by atoms with Gasteiger partial charge in [-0.15, -0.1) is 0 Å². The summed E-state index contributed by atoms with van der Waals surface area (Å²) in [6, 6.07) is 22.3. The number of anilines is 1. The lowest BCUT2D eigenvalue weighted by atomic mass is 10.1. The Kier molecular flexibility index (Phi) is 9.54. The van der Waals surface area contributed by atoms with E-state index in [4.69, 9.17) is 4.74 Å². The van der Waals surface area contributed by atoms with Crippen LogP contribution in [0.4, 0.5) is 5.69 Å². The van der Waals surface area contributed by atoms with Gasteiger partial charge in [-0.05, 0) is 62.1 Å². The molecule has 0 bridgehead atoms. The van der Waals surface area contributed by atoms with E-state index in [1.54, 1.807) is 6.92 Å². The van der Waals surface area contributed by atoms with Gasteiger partial charge in [-0.1, -0.05) is 42.5 Å². The third-order valence-corrected chi connectivity index (χ3v) is 7.88. The Bertz CT molecular complexity index is 1530. The van der Waals surface area contributed by atoms with E-state index in [0.717, 1.165) is 71.0 Å². The van der Waals surface area contributed by atoms with E-state index >= 15 is 0 Å². The SMILES string of the molecule is CCOc1ccccc1CN1CCCN(C(C)=O)c2ccccc2CN(C(=O)CCc2ccc3nc(C)[nH]c3c2)CC1. The summed E-state index contributed by atoms with van der Waals surface area (Å²) >= 11 is 0. The highest BCUT2D eigenvalue weighted by molar-refractivity contribution is 5.92. The Morgan fingerprint density at radius 2 is 1.79 bits per heavy atom. The average molecular weight is 568 g/mol. The van der Waals surface area contributed by atoms with E-state index in [9.17, 15) is 9.59 Å². The van der Waals surface area contributed by atoms with Crippen LogP contribution in [0.3, 0.4) is 0 Å². The van der Waals surface area contributed by atoms with Gasteiger partial charge in [0.2, 0.25) is 11.8 Å². The fourth-order valence-electron chi connectivity index (χ4n) is 5.76. The number of nitrogens with one attached hydrogen (secondary N) is 1. The second kappa shape index (κ2) is 13.7. The van der Waals surface area contributed by atoms with Gasteiger partial charge < -0.3 is 19.5 Å². The number of benzene rings is 3. The predicted molar refractivity (Wildman–Crippen MR) is 167 cm³/mol. The van der Waals surface area contributed by atoms with Crippen LogP contribution in [0.25, 0.3) is 11.0 Å². The van der Waals surface area contributed by atoms with E-state index in [1.807, 2.05) is 72.2 Å². The number of para-hydroxylation sites is 2. The maximum atomic E-state index is 13.8. The molecule has 1 aliphatic heterocycles. The lowest BCUT2D eigenvalue weighted by Gasteiger charge is -2.28. The van der Waals surface area contributed by atoms with Crippen LogP contribution in [0.1, 0.15) is 49.2 Å². The first-order valence-electron chi connectivity index (χ1n) is 14.9. The number of nitrogens with zero attached hydrogens (tertiary/aromatic N) is 4. The van der Waals surface area contributed by atoms with E-state index in [-0.39, 0.29) is 11.8 Å². The lowest BCUT2D eigenvalue weighted by molar-refractivity contribution is -0.132. The molecule has 0 aliphatic carbocycles. The van der Waals surface area contributed by atoms with Crippen LogP contribution in [-0.4, -0.2) is 64.4 Å². The van der Waals surface area contributed by atoms with Gasteiger partial charge >= 0.3 is 0 Å². The van der Waals surface area contributed by atoms with E-state index in [2.05, 4.69) is 33.1 Å². The van der Waals surface area contributed by atoms with Crippen LogP contribution >= 0.6 is 0 Å². The molecule has 0 saturated heterocycles. The highest BCUT2D eigenvalue weighted by Crippen LogP contribution is 2.25. The van der Waals surface area contributed by atoms with Gasteiger partial charge in [0, 0.05) is 63.9 Å². The fraction of sp³-hybridized carbons (Fsp3) is 0.382. The first-order chi connectivity index (χ1) is 20.4. The van der Waals surface area contributed by atoms with Crippen LogP contribution in [0.5, 0.6) is 5.75 Å². The molecule has 1 N–H and O–H groups in total. The number of aromatic amines is 1. The summed E-state index contributed by atoms with van der Waals surface area (Å²) in [6.45, 7) is 10.1. The van der Waals surface area contributed by atoms with Crippen molar-refractivity contribution in [2.24, 2.45) is 0 Å². The van der Waals surface area contributed by atoms with Crippen molar-refractivity contribution >= 4 is 28.5 Å². The second-order valence-corrected chi connectivity index (χ2v) is 11.0. The van der Waals surface area contributed by atoms with Crippen molar-refractivity contribution in [3.63, 3.8) is 0 Å². The topological polar surface area (TPSA) is 81.8 Å². The summed E-state index contributed by atoms with van der Waals surface area (Å²) in [7, 11) is 0. The van der Waals surface area contributed by atoms with Gasteiger partial charge in [0.25, 0.3) is 0 Å². The minimum atomic E-state index is 0.0113. The molecule has 0 unspecified atom stereocenters. The van der Waals surface area contributed by atoms with Crippen molar-refractivity contribution in [2.45, 2.75) is 53.1 Å². The molecule has 220 valence electrons. The molecule has 4 aromatic rings. The van der Waals surface area contributed by atoms with Gasteiger partial charge in [-0.2, -0.15) is 0 Å². The number of amides is 2. The van der Waals surface area contributed by atoms with Gasteiger partial charge in [0.1, 0.15) is 11.6 Å². The molecule has 1 aromatic heterocycles. The van der Waals surface area contributed by atoms with Crippen molar-refractivity contribution in [1.29, 1.82) is 0 Å². The van der Waals surface area contributed by atoms with E-state index in [1.165, 1.54) is 0 Å². The molecule has 8 nitrogen and oxygen atoms in total. The van der Waals surface area contributed by atoms with Crippen LogP contribution in [-0.2, 0) is 29.1 Å². The van der Waals surface area contributed by atoms with Gasteiger partial charge in [0.15, 0.2) is 0 Å². The smallest absolute Gasteiger partial charge is 0.223 e. The summed E-state index contributed by atoms with van der Waals surface area (Å²) in [5, 5.41) is 0. The Labute approximate surface area is 248 Å². The summed E-state index contributed by atoms with van der Waals surface area (Å²) in [5.41, 5.74) is 6.04. The third-order valence-electron chi connectivity index (χ3n) is 7.88. The molecule has 5 rings (SSSR count). The highest BCUT2D eigenvalue weighted by atomic mass is 16.5. The molecular weight excluding hydrogens is 526 g/mol. The number of H-pyrrole nitrogens is 1. The number of imidazole rings is 1. The van der Waals surface area contributed by atoms with Crippen molar-refractivity contribution in [3.05, 3.63) is 89.2 Å². The largest absolute Gasteiger partial charge is 0.494 e. The van der Waals surface area contributed by atoms with E-state index < -0.39 is 0 Å². The van der Waals surface area contributed by atoms with Gasteiger partial charge in [0.05, 0.1) is 17.6 Å². The number of hydrogen-bond donors (Lipinski definition) is 1.